The number of nitrogens with zero attached hydrogens (tertiary/aromatic N) is 1. The van der Waals surface area contributed by atoms with E-state index in [1.165, 1.54) is 0 Å². The van der Waals surface area contributed by atoms with Gasteiger partial charge in [-0.05, 0) is 48.4 Å². The Hall–Kier alpha value is -2.84. The summed E-state index contributed by atoms with van der Waals surface area (Å²) in [5, 5.41) is 0.709. The minimum Gasteiger partial charge on any atom is -0.442 e. The van der Waals surface area contributed by atoms with Crippen LogP contribution in [0.4, 0.5) is 0 Å². The molecular weight excluding hydrogens is 354 g/mol. The van der Waals surface area contributed by atoms with Crippen molar-refractivity contribution in [1.82, 2.24) is 0 Å². The Morgan fingerprint density at radius 3 is 2.15 bits per heavy atom. The number of benzene rings is 3. The highest BCUT2D eigenvalue weighted by Crippen LogP contribution is 2.39. The summed E-state index contributed by atoms with van der Waals surface area (Å²) in [5.74, 6) is 1.52. The van der Waals surface area contributed by atoms with Crippen LogP contribution in [0.3, 0.4) is 0 Å². The lowest BCUT2D eigenvalue weighted by molar-refractivity contribution is 0.489. The standard InChI is InChI=1S/C24H20ClNO/c1-24(20-10-6-3-7-11-20)16-22(19-12-14-21(25)15-13-19)27-23(24)26-17-18-8-4-2-5-9-18/h2-16H,17H2,1H3. The Kier molecular flexibility index (Phi) is 4.83. The molecule has 0 aromatic heterocycles. The van der Waals surface area contributed by atoms with Crippen molar-refractivity contribution in [3.05, 3.63) is 113 Å². The second-order valence-corrected chi connectivity index (χ2v) is 7.23. The number of aliphatic imine (C=N–C) groups is 1. The van der Waals surface area contributed by atoms with Crippen molar-refractivity contribution >= 4 is 23.3 Å². The van der Waals surface area contributed by atoms with Crippen molar-refractivity contribution in [3.63, 3.8) is 0 Å². The van der Waals surface area contributed by atoms with Gasteiger partial charge in [0.2, 0.25) is 5.90 Å². The van der Waals surface area contributed by atoms with Crippen LogP contribution in [-0.2, 0) is 16.7 Å². The van der Waals surface area contributed by atoms with Crippen LogP contribution in [0.5, 0.6) is 0 Å². The van der Waals surface area contributed by atoms with E-state index in [-0.39, 0.29) is 0 Å². The van der Waals surface area contributed by atoms with Gasteiger partial charge in [-0.15, -0.1) is 0 Å². The van der Waals surface area contributed by atoms with E-state index in [1.807, 2.05) is 60.7 Å². The van der Waals surface area contributed by atoms with Gasteiger partial charge in [0.25, 0.3) is 0 Å². The quantitative estimate of drug-likeness (QED) is 0.528. The first kappa shape index (κ1) is 17.6. The molecule has 3 aromatic carbocycles. The van der Waals surface area contributed by atoms with E-state index in [9.17, 15) is 0 Å². The molecule has 4 rings (SSSR count). The highest BCUT2D eigenvalue weighted by molar-refractivity contribution is 6.30. The van der Waals surface area contributed by atoms with Gasteiger partial charge in [-0.3, -0.25) is 0 Å². The zero-order chi connectivity index (χ0) is 18.7. The van der Waals surface area contributed by atoms with Gasteiger partial charge in [0, 0.05) is 10.6 Å². The Balaban J connectivity index is 1.73. The maximum atomic E-state index is 6.25. The maximum absolute atomic E-state index is 6.25. The molecule has 0 bridgehead atoms. The van der Waals surface area contributed by atoms with Gasteiger partial charge in [-0.1, -0.05) is 72.3 Å². The summed E-state index contributed by atoms with van der Waals surface area (Å²) in [6, 6.07) is 28.2. The fourth-order valence-corrected chi connectivity index (χ4v) is 3.38. The van der Waals surface area contributed by atoms with Crippen molar-refractivity contribution in [3.8, 4) is 0 Å². The smallest absolute Gasteiger partial charge is 0.204 e. The van der Waals surface area contributed by atoms with Crippen LogP contribution >= 0.6 is 11.6 Å². The zero-order valence-electron chi connectivity index (χ0n) is 15.1. The molecule has 0 amide bonds. The highest BCUT2D eigenvalue weighted by atomic mass is 35.5. The third-order valence-corrected chi connectivity index (χ3v) is 5.07. The molecule has 1 aliphatic heterocycles. The van der Waals surface area contributed by atoms with Crippen LogP contribution in [-0.4, -0.2) is 5.90 Å². The summed E-state index contributed by atoms with van der Waals surface area (Å²) in [7, 11) is 0. The molecule has 3 heteroatoms. The van der Waals surface area contributed by atoms with Crippen molar-refractivity contribution < 1.29 is 4.74 Å². The van der Waals surface area contributed by atoms with Crippen molar-refractivity contribution in [2.45, 2.75) is 18.9 Å². The molecule has 1 aliphatic rings. The van der Waals surface area contributed by atoms with Crippen molar-refractivity contribution in [2.75, 3.05) is 0 Å². The lowest BCUT2D eigenvalue weighted by atomic mass is 9.82. The largest absolute Gasteiger partial charge is 0.442 e. The molecule has 1 heterocycles. The fourth-order valence-electron chi connectivity index (χ4n) is 3.25. The zero-order valence-corrected chi connectivity index (χ0v) is 15.9. The molecule has 0 fully saturated rings. The van der Waals surface area contributed by atoms with Gasteiger partial charge in [0.05, 0.1) is 12.0 Å². The molecule has 3 aromatic rings. The molecule has 0 aliphatic carbocycles. The summed E-state index contributed by atoms with van der Waals surface area (Å²) in [4.78, 5) is 4.83. The number of hydrogen-bond acceptors (Lipinski definition) is 2. The lowest BCUT2D eigenvalue weighted by Crippen LogP contribution is -2.27. The van der Waals surface area contributed by atoms with Crippen LogP contribution in [0.25, 0.3) is 5.76 Å². The highest BCUT2D eigenvalue weighted by Gasteiger charge is 2.39. The van der Waals surface area contributed by atoms with Gasteiger partial charge in [0.1, 0.15) is 5.76 Å². The molecule has 134 valence electrons. The predicted octanol–water partition coefficient (Wildman–Crippen LogP) is 6.27. The van der Waals surface area contributed by atoms with E-state index in [1.54, 1.807) is 0 Å². The van der Waals surface area contributed by atoms with Gasteiger partial charge in [0.15, 0.2) is 0 Å². The van der Waals surface area contributed by atoms with E-state index in [2.05, 4.69) is 37.3 Å². The number of rotatable bonds is 4. The molecule has 0 N–H and O–H groups in total. The number of hydrogen-bond donors (Lipinski definition) is 0. The summed E-state index contributed by atoms with van der Waals surface area (Å²) >= 11 is 6.03. The van der Waals surface area contributed by atoms with Crippen LogP contribution in [0, 0.1) is 0 Å². The number of ether oxygens (including phenoxy) is 1. The third kappa shape index (κ3) is 3.67. The van der Waals surface area contributed by atoms with Gasteiger partial charge < -0.3 is 4.74 Å². The summed E-state index contributed by atoms with van der Waals surface area (Å²) < 4.78 is 6.25. The first-order chi connectivity index (χ1) is 13.1. The van der Waals surface area contributed by atoms with E-state index in [4.69, 9.17) is 21.3 Å². The van der Waals surface area contributed by atoms with Crippen molar-refractivity contribution in [1.29, 1.82) is 0 Å². The molecule has 1 atom stereocenters. The summed E-state index contributed by atoms with van der Waals surface area (Å²) in [6.45, 7) is 2.73. The molecular formula is C24H20ClNO. The molecule has 0 saturated heterocycles. The summed E-state index contributed by atoms with van der Waals surface area (Å²) in [5.41, 5.74) is 2.89. The predicted molar refractivity (Wildman–Crippen MR) is 112 cm³/mol. The van der Waals surface area contributed by atoms with E-state index < -0.39 is 5.41 Å². The van der Waals surface area contributed by atoms with Gasteiger partial charge in [-0.2, -0.15) is 0 Å². The SMILES string of the molecule is CC1(c2ccccc2)C=C(c2ccc(Cl)cc2)OC1=NCc1ccccc1. The maximum Gasteiger partial charge on any atom is 0.204 e. The number of halogens is 1. The first-order valence-electron chi connectivity index (χ1n) is 8.96. The average molecular weight is 374 g/mol. The summed E-state index contributed by atoms with van der Waals surface area (Å²) in [6.07, 6.45) is 2.15. The van der Waals surface area contributed by atoms with E-state index in [0.717, 1.165) is 22.4 Å². The van der Waals surface area contributed by atoms with Crippen LogP contribution < -0.4 is 0 Å². The third-order valence-electron chi connectivity index (χ3n) is 4.82. The van der Waals surface area contributed by atoms with E-state index in [0.29, 0.717) is 17.5 Å². The Labute approximate surface area is 164 Å². The Morgan fingerprint density at radius 2 is 1.48 bits per heavy atom. The fraction of sp³-hybridized carbons (Fsp3) is 0.125. The normalized spacial score (nSPS) is 20.4. The first-order valence-corrected chi connectivity index (χ1v) is 9.34. The molecule has 0 saturated carbocycles. The second-order valence-electron chi connectivity index (χ2n) is 6.79. The molecule has 0 radical (unpaired) electrons. The van der Waals surface area contributed by atoms with E-state index >= 15 is 0 Å². The molecule has 1 unspecified atom stereocenters. The molecule has 2 nitrogen and oxygen atoms in total. The van der Waals surface area contributed by atoms with Gasteiger partial charge in [-0.25, -0.2) is 4.99 Å². The minimum atomic E-state index is -0.412. The lowest BCUT2D eigenvalue weighted by Gasteiger charge is -2.21. The minimum absolute atomic E-state index is 0.412. The van der Waals surface area contributed by atoms with Gasteiger partial charge >= 0.3 is 0 Å². The average Bonchev–Trinajstić information content (AvgIpc) is 3.06. The van der Waals surface area contributed by atoms with Crippen LogP contribution in [0.1, 0.15) is 23.6 Å². The second kappa shape index (κ2) is 7.42. The molecule has 27 heavy (non-hydrogen) atoms. The Morgan fingerprint density at radius 1 is 0.852 bits per heavy atom. The van der Waals surface area contributed by atoms with Crippen molar-refractivity contribution in [2.24, 2.45) is 4.99 Å². The topological polar surface area (TPSA) is 21.6 Å². The van der Waals surface area contributed by atoms with Crippen LogP contribution in [0.2, 0.25) is 5.02 Å². The molecule has 0 spiro atoms. The Bertz CT molecular complexity index is 978. The van der Waals surface area contributed by atoms with Crippen LogP contribution in [0.15, 0.2) is 96.0 Å². The monoisotopic (exact) mass is 373 g/mol.